The van der Waals surface area contributed by atoms with Gasteiger partial charge in [0.1, 0.15) is 11.4 Å². The SMILES string of the molecule is CC(C)Cc1cc(-c2[c-]cccc2)nc[c]1[Ge]([CH3])([CH3])[CH3].CC(C)c1cc(-c2ccccc2)cc(C(C)C)c1-n1c(-c2[c-]ccc3c2oc2cc(F)ccc23)nc2ccc3ccccc3c21.[Ir]. The number of nitrogens with zero attached hydrogens (tertiary/aromatic N) is 3. The Bertz CT molecular complexity index is 3300. The molecule has 10 rings (SSSR count). The van der Waals surface area contributed by atoms with Crippen LogP contribution in [0, 0.1) is 23.9 Å². The monoisotopic (exact) mass is 1110 g/mol. The van der Waals surface area contributed by atoms with Gasteiger partial charge in [-0.15, -0.1) is 18.2 Å². The fourth-order valence-corrected chi connectivity index (χ4v) is 12.5. The predicted octanol–water partition coefficient (Wildman–Crippen LogP) is 15.9. The van der Waals surface area contributed by atoms with Gasteiger partial charge in [-0.3, -0.25) is 4.98 Å². The molecule has 3 aromatic heterocycles. The Morgan fingerprint density at radius 1 is 0.682 bits per heavy atom. The van der Waals surface area contributed by atoms with E-state index in [0.717, 1.165) is 67.3 Å². The maximum atomic E-state index is 14.3. The maximum Gasteiger partial charge on any atom is 0.126 e. The van der Waals surface area contributed by atoms with Gasteiger partial charge in [0.05, 0.1) is 22.4 Å². The summed E-state index contributed by atoms with van der Waals surface area (Å²) >= 11 is -1.86. The van der Waals surface area contributed by atoms with Gasteiger partial charge in [0, 0.05) is 42.6 Å². The van der Waals surface area contributed by atoms with Crippen LogP contribution in [0.4, 0.5) is 4.39 Å². The van der Waals surface area contributed by atoms with Gasteiger partial charge in [-0.05, 0) is 69.8 Å². The molecule has 66 heavy (non-hydrogen) atoms. The molecule has 335 valence electrons. The van der Waals surface area contributed by atoms with E-state index in [1.54, 1.807) is 10.5 Å². The molecule has 0 saturated carbocycles. The second-order valence-electron chi connectivity index (χ2n) is 19.3. The van der Waals surface area contributed by atoms with E-state index >= 15 is 0 Å². The molecular formula is C59H56FGeIrN3O-2. The number of hydrogen-bond donors (Lipinski definition) is 0. The van der Waals surface area contributed by atoms with Crippen LogP contribution in [0.15, 0.2) is 150 Å². The Labute approximate surface area is 405 Å². The van der Waals surface area contributed by atoms with E-state index in [4.69, 9.17) is 14.4 Å². The van der Waals surface area contributed by atoms with Crippen LogP contribution in [0.25, 0.3) is 83.2 Å². The van der Waals surface area contributed by atoms with Crippen LogP contribution in [0.1, 0.15) is 70.1 Å². The van der Waals surface area contributed by atoms with Gasteiger partial charge >= 0.3 is 126 Å². The van der Waals surface area contributed by atoms with E-state index in [9.17, 15) is 4.39 Å². The molecule has 0 aliphatic rings. The topological polar surface area (TPSA) is 43.9 Å². The minimum absolute atomic E-state index is 0. The number of furan rings is 1. The van der Waals surface area contributed by atoms with Crippen molar-refractivity contribution in [3.63, 3.8) is 0 Å². The van der Waals surface area contributed by atoms with E-state index in [-0.39, 0.29) is 37.8 Å². The van der Waals surface area contributed by atoms with Crippen molar-refractivity contribution in [2.75, 3.05) is 0 Å². The molecule has 0 bridgehead atoms. The van der Waals surface area contributed by atoms with Crippen LogP contribution in [0.3, 0.4) is 0 Å². The quantitative estimate of drug-likeness (QED) is 0.107. The second kappa shape index (κ2) is 19.3. The third kappa shape index (κ3) is 9.21. The van der Waals surface area contributed by atoms with Gasteiger partial charge in [0.15, 0.2) is 0 Å². The molecule has 0 amide bonds. The Morgan fingerprint density at radius 2 is 1.39 bits per heavy atom. The van der Waals surface area contributed by atoms with Gasteiger partial charge in [-0.2, -0.15) is 0 Å². The number of hydrogen-bond acceptors (Lipinski definition) is 3. The van der Waals surface area contributed by atoms with Crippen molar-refractivity contribution in [2.45, 2.75) is 77.1 Å². The zero-order valence-corrected chi connectivity index (χ0v) is 43.7. The Hall–Kier alpha value is -5.66. The molecule has 1 radical (unpaired) electrons. The Morgan fingerprint density at radius 3 is 2.08 bits per heavy atom. The molecule has 0 atom stereocenters. The molecular weight excluding hydrogens is 1050 g/mol. The molecule has 3 heterocycles. The maximum absolute atomic E-state index is 14.3. The summed E-state index contributed by atoms with van der Waals surface area (Å²) in [6, 6.07) is 53.8. The fourth-order valence-electron chi connectivity index (χ4n) is 9.20. The standard InChI is InChI=1S/C41H32FN2O.C18H24GeN.Ir/c1-24(2)34-21-28(26-11-6-5-7-12-26)22-35(25(3)4)38(34)44-39-30-14-9-8-13-27(30)17-20-36(39)43-41(44)33-16-10-15-32-31-19-18-29(42)23-37(31)45-40(32)33;1-14(2)11-16-12-18(15-9-7-6-8-10-15)20-13-17(16)19(3,4)5;/h5-15,17-25H,1-4H3;6-9,12-14H,11H2,1-5H3;/q2*-1;. The van der Waals surface area contributed by atoms with Crippen LogP contribution >= 0.6 is 0 Å². The van der Waals surface area contributed by atoms with Crippen molar-refractivity contribution < 1.29 is 28.9 Å². The molecule has 0 aliphatic carbocycles. The Balaban J connectivity index is 0.000000238. The summed E-state index contributed by atoms with van der Waals surface area (Å²) < 4.78 is 24.6. The molecule has 7 aromatic carbocycles. The van der Waals surface area contributed by atoms with E-state index in [2.05, 4.69) is 173 Å². The van der Waals surface area contributed by atoms with Gasteiger partial charge < -0.3 is 8.98 Å². The minimum atomic E-state index is -1.86. The molecule has 0 fully saturated rings. The summed E-state index contributed by atoms with van der Waals surface area (Å²) in [5.74, 6) is 8.88. The third-order valence-corrected chi connectivity index (χ3v) is 16.6. The van der Waals surface area contributed by atoms with Crippen LogP contribution in [-0.2, 0) is 26.5 Å². The average Bonchev–Trinajstić information content (AvgIpc) is 3.87. The first-order valence-corrected chi connectivity index (χ1v) is 30.2. The van der Waals surface area contributed by atoms with E-state index < -0.39 is 13.3 Å². The zero-order valence-electron chi connectivity index (χ0n) is 39.3. The summed E-state index contributed by atoms with van der Waals surface area (Å²) in [4.78, 5) is 10.0. The normalized spacial score (nSPS) is 11.8. The van der Waals surface area contributed by atoms with E-state index in [1.165, 1.54) is 39.9 Å². The van der Waals surface area contributed by atoms with Crippen LogP contribution in [-0.4, -0.2) is 27.8 Å². The van der Waals surface area contributed by atoms with E-state index in [1.807, 2.05) is 30.3 Å². The largest absolute Gasteiger partial charge is 0.500 e. The molecule has 7 heteroatoms. The van der Waals surface area contributed by atoms with Gasteiger partial charge in [0.25, 0.3) is 0 Å². The fraction of sp³-hybridized carbons (Fsp3) is 0.220. The van der Waals surface area contributed by atoms with Gasteiger partial charge in [-0.1, -0.05) is 99.3 Å². The summed E-state index contributed by atoms with van der Waals surface area (Å²) in [6.07, 6.45) is 3.27. The first-order chi connectivity index (χ1) is 31.3. The average molecular weight is 1110 g/mol. The smallest absolute Gasteiger partial charge is 0.126 e. The number of pyridine rings is 1. The van der Waals surface area contributed by atoms with Crippen molar-refractivity contribution in [1.82, 2.24) is 14.5 Å². The first-order valence-electron chi connectivity index (χ1n) is 22.9. The number of aromatic nitrogens is 3. The Kier molecular flexibility index (Phi) is 13.7. The minimum Gasteiger partial charge on any atom is -0.500 e. The first kappa shape index (κ1) is 46.9. The number of halogens is 1. The van der Waals surface area contributed by atoms with Crippen LogP contribution in [0.2, 0.25) is 17.3 Å². The van der Waals surface area contributed by atoms with Crippen molar-refractivity contribution in [2.24, 2.45) is 5.92 Å². The number of rotatable bonds is 9. The number of benzene rings is 7. The second-order valence-corrected chi connectivity index (χ2v) is 29.9. The summed E-state index contributed by atoms with van der Waals surface area (Å²) in [5.41, 5.74) is 13.5. The number of imidazole rings is 1. The van der Waals surface area contributed by atoms with Crippen LogP contribution < -0.4 is 4.40 Å². The molecule has 0 unspecified atom stereocenters. The van der Waals surface area contributed by atoms with Crippen molar-refractivity contribution in [1.29, 1.82) is 0 Å². The summed E-state index contributed by atoms with van der Waals surface area (Å²) in [5, 5.41) is 4.06. The summed E-state index contributed by atoms with van der Waals surface area (Å²) in [7, 11) is 0. The van der Waals surface area contributed by atoms with E-state index in [0.29, 0.717) is 17.1 Å². The molecule has 0 N–H and O–H groups in total. The van der Waals surface area contributed by atoms with Crippen molar-refractivity contribution in [3.05, 3.63) is 180 Å². The predicted molar refractivity (Wildman–Crippen MR) is 274 cm³/mol. The van der Waals surface area contributed by atoms with Gasteiger partial charge in [0.2, 0.25) is 0 Å². The molecule has 4 nitrogen and oxygen atoms in total. The number of fused-ring (bicyclic) bond motifs is 6. The van der Waals surface area contributed by atoms with Gasteiger partial charge in [-0.25, -0.2) is 4.39 Å². The van der Waals surface area contributed by atoms with Crippen molar-refractivity contribution in [3.8, 4) is 39.5 Å². The van der Waals surface area contributed by atoms with Crippen LogP contribution in [0.5, 0.6) is 0 Å². The summed E-state index contributed by atoms with van der Waals surface area (Å²) in [6.45, 7) is 13.6. The molecule has 0 aliphatic heterocycles. The molecule has 10 aromatic rings. The van der Waals surface area contributed by atoms with Crippen molar-refractivity contribution >= 4 is 61.4 Å². The molecule has 0 saturated heterocycles. The third-order valence-electron chi connectivity index (χ3n) is 12.3. The zero-order chi connectivity index (χ0) is 45.6. The molecule has 0 spiro atoms.